The first-order chi connectivity index (χ1) is 10.5. The van der Waals surface area contributed by atoms with Gasteiger partial charge in [-0.05, 0) is 32.0 Å². The number of nitrogens with one attached hydrogen (secondary N) is 1. The number of hydrogen-bond acceptors (Lipinski definition) is 4. The molecule has 2 N–H and O–H groups in total. The van der Waals surface area contributed by atoms with Gasteiger partial charge in [-0.25, -0.2) is 4.98 Å². The minimum atomic E-state index is -0.556. The second-order valence-electron chi connectivity index (χ2n) is 6.15. The van der Waals surface area contributed by atoms with Crippen molar-refractivity contribution in [3.05, 3.63) is 35.8 Å². The van der Waals surface area contributed by atoms with Crippen LogP contribution in [0, 0.1) is 12.8 Å². The van der Waals surface area contributed by atoms with Crippen LogP contribution in [-0.2, 0) is 11.3 Å². The maximum Gasteiger partial charge on any atom is 0.227 e. The average Bonchev–Trinajstić information content (AvgIpc) is 2.89. The molecule has 1 fully saturated rings. The van der Waals surface area contributed by atoms with Gasteiger partial charge in [-0.15, -0.1) is 0 Å². The van der Waals surface area contributed by atoms with Gasteiger partial charge in [-0.1, -0.05) is 6.07 Å². The third-order valence-electron chi connectivity index (χ3n) is 4.21. The molecule has 1 aliphatic heterocycles. The van der Waals surface area contributed by atoms with Crippen LogP contribution in [-0.4, -0.2) is 51.5 Å². The average molecular weight is 302 g/mol. The molecule has 1 aliphatic rings. The van der Waals surface area contributed by atoms with Crippen LogP contribution in [0.4, 0.5) is 0 Å². The smallest absolute Gasteiger partial charge is 0.227 e. The lowest BCUT2D eigenvalue weighted by atomic mass is 9.94. The lowest BCUT2D eigenvalue weighted by Crippen LogP contribution is -2.48. The molecule has 0 radical (unpaired) electrons. The van der Waals surface area contributed by atoms with Crippen molar-refractivity contribution >= 4 is 11.6 Å². The van der Waals surface area contributed by atoms with Crippen molar-refractivity contribution in [3.63, 3.8) is 0 Å². The van der Waals surface area contributed by atoms with E-state index in [1.54, 1.807) is 0 Å². The van der Waals surface area contributed by atoms with E-state index in [1.807, 2.05) is 42.9 Å². The van der Waals surface area contributed by atoms with Gasteiger partial charge in [0.1, 0.15) is 5.65 Å². The topological polar surface area (TPSA) is 69.9 Å². The molecule has 22 heavy (non-hydrogen) atoms. The Balaban J connectivity index is 1.64. The summed E-state index contributed by atoms with van der Waals surface area (Å²) in [6, 6.07) is 3.97. The number of aryl methyl sites for hydroxylation is 1. The van der Waals surface area contributed by atoms with Gasteiger partial charge < -0.3 is 19.7 Å². The Morgan fingerprint density at radius 2 is 2.27 bits per heavy atom. The number of rotatable bonds is 3. The van der Waals surface area contributed by atoms with E-state index in [9.17, 15) is 9.90 Å². The van der Waals surface area contributed by atoms with Gasteiger partial charge in [0.25, 0.3) is 0 Å². The van der Waals surface area contributed by atoms with Crippen LogP contribution in [0.3, 0.4) is 0 Å². The highest BCUT2D eigenvalue weighted by molar-refractivity contribution is 5.79. The molecular formula is C16H22N4O2. The molecule has 3 rings (SSSR count). The maximum absolute atomic E-state index is 12.3. The molecule has 2 aromatic heterocycles. The Morgan fingerprint density at radius 1 is 1.45 bits per heavy atom. The van der Waals surface area contributed by atoms with Crippen LogP contribution in [0.5, 0.6) is 0 Å². The minimum Gasteiger partial charge on any atom is -0.392 e. The number of aliphatic hydroxyl groups excluding tert-OH is 1. The number of carbonyl (C=O) groups excluding carboxylic acids is 1. The van der Waals surface area contributed by atoms with Gasteiger partial charge in [0.15, 0.2) is 0 Å². The molecule has 1 amide bonds. The van der Waals surface area contributed by atoms with E-state index in [4.69, 9.17) is 0 Å². The number of pyridine rings is 1. The Bertz CT molecular complexity index is 682. The standard InChI is InChI=1S/C16H22N4O2/c1-11-3-4-15-18-12(9-20(15)8-11)7-17-16(22)13-10-19(2)6-5-14(13)21/h3-4,8-9,13-14,21H,5-7,10H2,1-2H3,(H,17,22)/t13-,14-/m1/s1. The largest absolute Gasteiger partial charge is 0.392 e. The van der Waals surface area contributed by atoms with E-state index < -0.39 is 6.10 Å². The van der Waals surface area contributed by atoms with Crippen LogP contribution >= 0.6 is 0 Å². The zero-order chi connectivity index (χ0) is 15.7. The fourth-order valence-electron chi connectivity index (χ4n) is 2.91. The van der Waals surface area contributed by atoms with Crippen molar-refractivity contribution in [2.24, 2.45) is 5.92 Å². The molecule has 2 atom stereocenters. The predicted molar refractivity (Wildman–Crippen MR) is 83.4 cm³/mol. The summed E-state index contributed by atoms with van der Waals surface area (Å²) < 4.78 is 1.96. The highest BCUT2D eigenvalue weighted by atomic mass is 16.3. The van der Waals surface area contributed by atoms with Crippen LogP contribution in [0.15, 0.2) is 24.5 Å². The molecule has 6 heteroatoms. The normalized spacial score (nSPS) is 22.9. The lowest BCUT2D eigenvalue weighted by Gasteiger charge is -2.32. The van der Waals surface area contributed by atoms with Crippen molar-refractivity contribution < 1.29 is 9.90 Å². The minimum absolute atomic E-state index is 0.104. The molecule has 0 unspecified atom stereocenters. The van der Waals surface area contributed by atoms with Gasteiger partial charge in [-0.3, -0.25) is 4.79 Å². The number of amides is 1. The summed E-state index contributed by atoms with van der Waals surface area (Å²) in [4.78, 5) is 18.8. The number of aliphatic hydroxyl groups is 1. The van der Waals surface area contributed by atoms with Crippen molar-refractivity contribution in [3.8, 4) is 0 Å². The Kier molecular flexibility index (Phi) is 4.13. The number of hydrogen-bond donors (Lipinski definition) is 2. The number of carbonyl (C=O) groups is 1. The molecule has 1 saturated heterocycles. The Labute approximate surface area is 129 Å². The quantitative estimate of drug-likeness (QED) is 0.870. The molecule has 0 aliphatic carbocycles. The Morgan fingerprint density at radius 3 is 3.09 bits per heavy atom. The second-order valence-corrected chi connectivity index (χ2v) is 6.15. The number of nitrogens with zero attached hydrogens (tertiary/aromatic N) is 3. The van der Waals surface area contributed by atoms with Gasteiger partial charge in [0.05, 0.1) is 24.3 Å². The zero-order valence-electron chi connectivity index (χ0n) is 13.0. The van der Waals surface area contributed by atoms with Crippen molar-refractivity contribution in [1.29, 1.82) is 0 Å². The van der Waals surface area contributed by atoms with Crippen LogP contribution < -0.4 is 5.32 Å². The van der Waals surface area contributed by atoms with E-state index in [-0.39, 0.29) is 11.8 Å². The molecule has 6 nitrogen and oxygen atoms in total. The van der Waals surface area contributed by atoms with Gasteiger partial charge in [0, 0.05) is 25.5 Å². The number of likely N-dealkylation sites (tertiary alicyclic amines) is 1. The number of piperidine rings is 1. The fourth-order valence-corrected chi connectivity index (χ4v) is 2.91. The lowest BCUT2D eigenvalue weighted by molar-refractivity contribution is -0.131. The van der Waals surface area contributed by atoms with Gasteiger partial charge in [-0.2, -0.15) is 0 Å². The van der Waals surface area contributed by atoms with Crippen LogP contribution in [0.25, 0.3) is 5.65 Å². The first-order valence-electron chi connectivity index (χ1n) is 7.61. The third-order valence-corrected chi connectivity index (χ3v) is 4.21. The zero-order valence-corrected chi connectivity index (χ0v) is 13.0. The summed E-state index contributed by atoms with van der Waals surface area (Å²) in [5, 5.41) is 12.9. The summed E-state index contributed by atoms with van der Waals surface area (Å²) in [5.74, 6) is -0.467. The van der Waals surface area contributed by atoms with E-state index in [2.05, 4.69) is 15.2 Å². The summed E-state index contributed by atoms with van der Waals surface area (Å²) >= 11 is 0. The van der Waals surface area contributed by atoms with Gasteiger partial charge >= 0.3 is 0 Å². The van der Waals surface area contributed by atoms with E-state index in [0.29, 0.717) is 19.5 Å². The van der Waals surface area contributed by atoms with Crippen LogP contribution in [0.2, 0.25) is 0 Å². The molecule has 0 aromatic carbocycles. The maximum atomic E-state index is 12.3. The third kappa shape index (κ3) is 3.13. The van der Waals surface area contributed by atoms with Crippen LogP contribution in [0.1, 0.15) is 17.7 Å². The summed E-state index contributed by atoms with van der Waals surface area (Å²) in [6.45, 7) is 3.84. The number of imidazole rings is 1. The molecule has 118 valence electrons. The summed E-state index contributed by atoms with van der Waals surface area (Å²) in [6.07, 6.45) is 4.02. The predicted octanol–water partition coefficient (Wildman–Crippen LogP) is 0.572. The van der Waals surface area contributed by atoms with Crippen molar-refractivity contribution in [2.45, 2.75) is 26.0 Å². The molecular weight excluding hydrogens is 280 g/mol. The molecule has 0 spiro atoms. The summed E-state index contributed by atoms with van der Waals surface area (Å²) in [7, 11) is 1.97. The highest BCUT2D eigenvalue weighted by Gasteiger charge is 2.31. The first kappa shape index (κ1) is 15.0. The number of fused-ring (bicyclic) bond motifs is 1. The molecule has 0 bridgehead atoms. The first-order valence-corrected chi connectivity index (χ1v) is 7.61. The summed E-state index contributed by atoms with van der Waals surface area (Å²) in [5.41, 5.74) is 2.85. The SMILES string of the molecule is Cc1ccc2nc(CNC(=O)[C@@H]3CN(C)CC[C@H]3O)cn2c1. The van der Waals surface area contributed by atoms with E-state index in [1.165, 1.54) is 0 Å². The Hall–Kier alpha value is -1.92. The van der Waals surface area contributed by atoms with E-state index in [0.717, 1.165) is 23.4 Å². The number of aromatic nitrogens is 2. The molecule has 2 aromatic rings. The fraction of sp³-hybridized carbons (Fsp3) is 0.500. The molecule has 0 saturated carbocycles. The van der Waals surface area contributed by atoms with E-state index >= 15 is 0 Å². The van der Waals surface area contributed by atoms with Crippen molar-refractivity contribution in [1.82, 2.24) is 19.6 Å². The molecule has 3 heterocycles. The highest BCUT2D eigenvalue weighted by Crippen LogP contribution is 2.16. The van der Waals surface area contributed by atoms with Crippen molar-refractivity contribution in [2.75, 3.05) is 20.1 Å². The monoisotopic (exact) mass is 302 g/mol. The second kappa shape index (κ2) is 6.06. The van der Waals surface area contributed by atoms with Gasteiger partial charge in [0.2, 0.25) is 5.91 Å².